The van der Waals surface area contributed by atoms with E-state index >= 15 is 0 Å². The van der Waals surface area contributed by atoms with Crippen LogP contribution in [0.15, 0.2) is 114 Å². The Morgan fingerprint density at radius 3 is 2.33 bits per heavy atom. The Morgan fingerprint density at radius 2 is 1.56 bits per heavy atom. The number of hydrogen-bond donors (Lipinski definition) is 1. The van der Waals surface area contributed by atoms with Gasteiger partial charge in [0.05, 0.1) is 16.1 Å². The Hall–Kier alpha value is -5.57. The monoisotopic (exact) mass is 516 g/mol. The predicted octanol–water partition coefficient (Wildman–Crippen LogP) is 5.71. The number of amides is 1. The predicted molar refractivity (Wildman–Crippen MR) is 146 cm³/mol. The van der Waals surface area contributed by atoms with Crippen LogP contribution in [0.4, 0.5) is 17.1 Å². The molecule has 1 atom stereocenters. The smallest absolute Gasteiger partial charge is 0.363 e. The van der Waals surface area contributed by atoms with E-state index in [1.165, 1.54) is 11.0 Å². The molecule has 4 aromatic rings. The van der Waals surface area contributed by atoms with Crippen molar-refractivity contribution in [2.45, 2.75) is 6.17 Å². The summed E-state index contributed by atoms with van der Waals surface area (Å²) in [5.74, 6) is -0.711. The summed E-state index contributed by atoms with van der Waals surface area (Å²) >= 11 is 0. The third kappa shape index (κ3) is 4.42. The number of para-hydroxylation sites is 2. The molecular formula is C30H20N4O5. The van der Waals surface area contributed by atoms with Crippen LogP contribution in [0, 0.1) is 10.1 Å². The summed E-state index contributed by atoms with van der Waals surface area (Å²) < 4.78 is 5.39. The summed E-state index contributed by atoms with van der Waals surface area (Å²) in [7, 11) is 0. The topological polar surface area (TPSA) is 114 Å². The number of nitrogens with one attached hydrogen (secondary N) is 1. The summed E-state index contributed by atoms with van der Waals surface area (Å²) in [6, 6.07) is 29.5. The summed E-state index contributed by atoms with van der Waals surface area (Å²) in [6.45, 7) is 0. The first kappa shape index (κ1) is 23.8. The van der Waals surface area contributed by atoms with Crippen LogP contribution in [0.25, 0.3) is 6.08 Å². The fourth-order valence-electron chi connectivity index (χ4n) is 4.63. The second-order valence-electron chi connectivity index (χ2n) is 8.88. The fourth-order valence-corrected chi connectivity index (χ4v) is 4.63. The number of rotatable bonds is 5. The Bertz CT molecular complexity index is 1680. The normalized spacial score (nSPS) is 17.3. The number of nitrogens with zero attached hydrogens (tertiary/aromatic N) is 3. The Kier molecular flexibility index (Phi) is 5.93. The molecule has 1 N–H and O–H groups in total. The second kappa shape index (κ2) is 9.71. The molecule has 4 aromatic carbocycles. The highest BCUT2D eigenvalue weighted by Crippen LogP contribution is 2.39. The quantitative estimate of drug-likeness (QED) is 0.157. The molecule has 2 aliphatic rings. The van der Waals surface area contributed by atoms with Crippen LogP contribution in [-0.2, 0) is 9.53 Å². The van der Waals surface area contributed by atoms with Gasteiger partial charge in [-0.05, 0) is 54.1 Å². The lowest BCUT2D eigenvalue weighted by atomic mass is 10.0. The number of hydrogen-bond acceptors (Lipinski definition) is 7. The van der Waals surface area contributed by atoms with Gasteiger partial charge >= 0.3 is 5.97 Å². The average Bonchev–Trinajstić information content (AvgIpc) is 3.33. The van der Waals surface area contributed by atoms with Gasteiger partial charge in [-0.2, -0.15) is 0 Å². The number of nitro benzene ring substituents is 1. The molecule has 0 aromatic heterocycles. The van der Waals surface area contributed by atoms with Gasteiger partial charge in [-0.25, -0.2) is 9.79 Å². The molecule has 0 radical (unpaired) electrons. The first-order valence-electron chi connectivity index (χ1n) is 12.1. The summed E-state index contributed by atoms with van der Waals surface area (Å²) in [5, 5.41) is 15.1. The third-order valence-electron chi connectivity index (χ3n) is 6.47. The van der Waals surface area contributed by atoms with Gasteiger partial charge < -0.3 is 10.1 Å². The molecule has 2 aliphatic heterocycles. The van der Waals surface area contributed by atoms with Crippen LogP contribution in [0.3, 0.4) is 0 Å². The summed E-state index contributed by atoms with van der Waals surface area (Å²) in [4.78, 5) is 43.3. The van der Waals surface area contributed by atoms with E-state index in [9.17, 15) is 19.7 Å². The van der Waals surface area contributed by atoms with Crippen molar-refractivity contribution in [3.8, 4) is 0 Å². The van der Waals surface area contributed by atoms with Crippen LogP contribution in [0.2, 0.25) is 0 Å². The molecule has 0 saturated carbocycles. The van der Waals surface area contributed by atoms with Gasteiger partial charge in [-0.1, -0.05) is 54.6 Å². The molecule has 2 heterocycles. The number of benzene rings is 4. The van der Waals surface area contributed by atoms with Crippen molar-refractivity contribution < 1.29 is 19.2 Å². The zero-order valence-corrected chi connectivity index (χ0v) is 20.4. The molecule has 190 valence electrons. The van der Waals surface area contributed by atoms with Crippen LogP contribution in [-0.4, -0.2) is 22.7 Å². The van der Waals surface area contributed by atoms with Gasteiger partial charge in [0.1, 0.15) is 6.17 Å². The number of nitro groups is 1. The molecule has 1 amide bonds. The van der Waals surface area contributed by atoms with Crippen molar-refractivity contribution in [1.82, 2.24) is 0 Å². The molecular weight excluding hydrogens is 496 g/mol. The minimum atomic E-state index is -0.832. The summed E-state index contributed by atoms with van der Waals surface area (Å²) in [5.41, 5.74) is 3.33. The standard InChI is InChI=1S/C30H20N4O5/c35-29-22-10-4-6-12-24(22)31-27(23-11-5-7-13-26(23)34(37)38)33(29)21-16-14-20(15-17-21)28-32-25(30(36)39-28)18-19-8-2-1-3-9-19/h1-18,27,31H. The van der Waals surface area contributed by atoms with E-state index < -0.39 is 17.1 Å². The number of anilines is 2. The van der Waals surface area contributed by atoms with Gasteiger partial charge in [-0.3, -0.25) is 19.8 Å². The van der Waals surface area contributed by atoms with Gasteiger partial charge in [-0.15, -0.1) is 0 Å². The molecule has 0 bridgehead atoms. The number of esters is 1. The van der Waals surface area contributed by atoms with Crippen molar-refractivity contribution in [2.24, 2.45) is 4.99 Å². The SMILES string of the molecule is O=C1OC(c2ccc(N3C(=O)c4ccccc4NC3c3ccccc3[N+](=O)[O-])cc2)=NC1=Cc1ccccc1. The molecule has 0 aliphatic carbocycles. The maximum absolute atomic E-state index is 13.7. The summed E-state index contributed by atoms with van der Waals surface area (Å²) in [6.07, 6.45) is 0.818. The molecule has 9 nitrogen and oxygen atoms in total. The number of fused-ring (bicyclic) bond motifs is 1. The number of aliphatic imine (C=N–C) groups is 1. The van der Waals surface area contributed by atoms with Crippen LogP contribution in [0.1, 0.15) is 33.2 Å². The highest BCUT2D eigenvalue weighted by molar-refractivity contribution is 6.14. The van der Waals surface area contributed by atoms with Crippen molar-refractivity contribution in [3.63, 3.8) is 0 Å². The maximum Gasteiger partial charge on any atom is 0.363 e. The first-order valence-corrected chi connectivity index (χ1v) is 12.1. The maximum atomic E-state index is 13.7. The van der Waals surface area contributed by atoms with Crippen molar-refractivity contribution in [1.29, 1.82) is 0 Å². The largest absolute Gasteiger partial charge is 0.402 e. The minimum Gasteiger partial charge on any atom is -0.402 e. The van der Waals surface area contributed by atoms with E-state index in [0.29, 0.717) is 28.1 Å². The van der Waals surface area contributed by atoms with Gasteiger partial charge in [0.25, 0.3) is 11.6 Å². The number of carbonyl (C=O) groups is 2. The third-order valence-corrected chi connectivity index (χ3v) is 6.47. The zero-order chi connectivity index (χ0) is 26.9. The highest BCUT2D eigenvalue weighted by atomic mass is 16.6. The minimum absolute atomic E-state index is 0.103. The Balaban J connectivity index is 1.37. The van der Waals surface area contributed by atoms with E-state index in [1.54, 1.807) is 72.8 Å². The lowest BCUT2D eigenvalue weighted by molar-refractivity contribution is -0.385. The second-order valence-corrected chi connectivity index (χ2v) is 8.88. The molecule has 1 unspecified atom stereocenters. The number of ether oxygens (including phenoxy) is 1. The van der Waals surface area contributed by atoms with E-state index in [0.717, 1.165) is 5.56 Å². The van der Waals surface area contributed by atoms with Crippen LogP contribution >= 0.6 is 0 Å². The van der Waals surface area contributed by atoms with Crippen molar-refractivity contribution >= 4 is 40.9 Å². The van der Waals surface area contributed by atoms with Crippen LogP contribution in [0.5, 0.6) is 0 Å². The molecule has 39 heavy (non-hydrogen) atoms. The molecule has 0 fully saturated rings. The lowest BCUT2D eigenvalue weighted by Gasteiger charge is -2.37. The average molecular weight is 517 g/mol. The van der Waals surface area contributed by atoms with Gasteiger partial charge in [0.2, 0.25) is 5.90 Å². The number of carbonyl (C=O) groups excluding carboxylic acids is 2. The molecule has 0 saturated heterocycles. The first-order chi connectivity index (χ1) is 19.0. The van der Waals surface area contributed by atoms with E-state index in [-0.39, 0.29) is 23.2 Å². The van der Waals surface area contributed by atoms with E-state index in [2.05, 4.69) is 10.3 Å². The van der Waals surface area contributed by atoms with Crippen LogP contribution < -0.4 is 10.2 Å². The Labute approximate surface area is 222 Å². The molecule has 9 heteroatoms. The van der Waals surface area contributed by atoms with E-state index in [1.807, 2.05) is 30.3 Å². The van der Waals surface area contributed by atoms with Gasteiger partial charge in [0.15, 0.2) is 5.70 Å². The van der Waals surface area contributed by atoms with Crippen molar-refractivity contribution in [2.75, 3.05) is 10.2 Å². The Morgan fingerprint density at radius 1 is 0.872 bits per heavy atom. The molecule has 6 rings (SSSR count). The number of cyclic esters (lactones) is 1. The molecule has 0 spiro atoms. The highest BCUT2D eigenvalue weighted by Gasteiger charge is 2.37. The van der Waals surface area contributed by atoms with Gasteiger partial charge in [0, 0.05) is 23.0 Å². The van der Waals surface area contributed by atoms with Crippen molar-refractivity contribution in [3.05, 3.63) is 141 Å². The zero-order valence-electron chi connectivity index (χ0n) is 20.4. The lowest BCUT2D eigenvalue weighted by Crippen LogP contribution is -2.43. The fraction of sp³-hybridized carbons (Fsp3) is 0.0333. The van der Waals surface area contributed by atoms with E-state index in [4.69, 9.17) is 4.74 Å².